The summed E-state index contributed by atoms with van der Waals surface area (Å²) in [6, 6.07) is 14.9. The van der Waals surface area contributed by atoms with Crippen LogP contribution in [0.5, 0.6) is 5.75 Å². The van der Waals surface area contributed by atoms with Crippen LogP contribution in [0, 0.1) is 0 Å². The number of hydrogen-bond donors (Lipinski definition) is 1. The quantitative estimate of drug-likeness (QED) is 0.937. The minimum atomic E-state index is 0.0261. The summed E-state index contributed by atoms with van der Waals surface area (Å²) < 4.78 is 5.87. The van der Waals surface area contributed by atoms with Crippen molar-refractivity contribution in [3.8, 4) is 5.75 Å². The Bertz CT molecular complexity index is 667. The van der Waals surface area contributed by atoms with Gasteiger partial charge in [0.25, 0.3) is 5.91 Å². The summed E-state index contributed by atoms with van der Waals surface area (Å²) in [6.07, 6.45) is 0. The first-order valence-electron chi connectivity index (χ1n) is 7.70. The third kappa shape index (κ3) is 4.03. The van der Waals surface area contributed by atoms with Gasteiger partial charge in [0.2, 0.25) is 0 Å². The molecule has 1 amide bonds. The highest BCUT2D eigenvalue weighted by atomic mass is 35.5. The Morgan fingerprint density at radius 1 is 1.09 bits per heavy atom. The average Bonchev–Trinajstić information content (AvgIpc) is 2.62. The van der Waals surface area contributed by atoms with Crippen LogP contribution in [0.2, 0.25) is 5.02 Å². The van der Waals surface area contributed by atoms with E-state index in [1.165, 1.54) is 0 Å². The average molecular weight is 331 g/mol. The summed E-state index contributed by atoms with van der Waals surface area (Å²) in [4.78, 5) is 14.5. The Balaban J connectivity index is 1.72. The van der Waals surface area contributed by atoms with Gasteiger partial charge in [0, 0.05) is 31.2 Å². The van der Waals surface area contributed by atoms with Crippen LogP contribution < -0.4 is 10.1 Å². The highest BCUT2D eigenvalue weighted by molar-refractivity contribution is 6.30. The molecule has 120 valence electrons. The van der Waals surface area contributed by atoms with Crippen molar-refractivity contribution in [2.45, 2.75) is 6.61 Å². The fourth-order valence-electron chi connectivity index (χ4n) is 2.55. The molecule has 1 fully saturated rings. The first-order valence-corrected chi connectivity index (χ1v) is 8.08. The van der Waals surface area contributed by atoms with Crippen LogP contribution in [-0.2, 0) is 6.61 Å². The van der Waals surface area contributed by atoms with Gasteiger partial charge in [-0.3, -0.25) is 4.79 Å². The molecule has 0 unspecified atom stereocenters. The van der Waals surface area contributed by atoms with Crippen molar-refractivity contribution >= 4 is 17.5 Å². The van der Waals surface area contributed by atoms with Gasteiger partial charge in [0.15, 0.2) is 0 Å². The van der Waals surface area contributed by atoms with Gasteiger partial charge in [0.1, 0.15) is 12.4 Å². The minimum absolute atomic E-state index is 0.0261. The van der Waals surface area contributed by atoms with Crippen LogP contribution in [0.4, 0.5) is 0 Å². The van der Waals surface area contributed by atoms with Gasteiger partial charge in [-0.25, -0.2) is 0 Å². The Morgan fingerprint density at radius 2 is 1.78 bits per heavy atom. The number of piperazine rings is 1. The third-order valence-corrected chi connectivity index (χ3v) is 4.08. The predicted molar refractivity (Wildman–Crippen MR) is 91.0 cm³/mol. The van der Waals surface area contributed by atoms with E-state index in [4.69, 9.17) is 16.3 Å². The number of rotatable bonds is 4. The molecule has 0 atom stereocenters. The smallest absolute Gasteiger partial charge is 0.257 e. The first kappa shape index (κ1) is 15.8. The molecule has 23 heavy (non-hydrogen) atoms. The molecule has 0 spiro atoms. The lowest BCUT2D eigenvalue weighted by atomic mass is 10.1. The number of carbonyl (C=O) groups excluding carboxylic acids is 1. The van der Waals surface area contributed by atoms with Crippen LogP contribution in [0.3, 0.4) is 0 Å². The molecule has 1 aliphatic rings. The lowest BCUT2D eigenvalue weighted by Crippen LogP contribution is -2.46. The maximum absolute atomic E-state index is 12.7. The summed E-state index contributed by atoms with van der Waals surface area (Å²) in [5, 5.41) is 3.95. The zero-order valence-corrected chi connectivity index (χ0v) is 13.6. The van der Waals surface area contributed by atoms with Crippen LogP contribution >= 0.6 is 11.6 Å². The van der Waals surface area contributed by atoms with Crippen LogP contribution in [0.15, 0.2) is 48.5 Å². The van der Waals surface area contributed by atoms with Crippen LogP contribution in [0.25, 0.3) is 0 Å². The van der Waals surface area contributed by atoms with Gasteiger partial charge in [-0.2, -0.15) is 0 Å². The molecule has 1 N–H and O–H groups in total. The number of benzene rings is 2. The van der Waals surface area contributed by atoms with Crippen molar-refractivity contribution in [2.75, 3.05) is 26.2 Å². The molecule has 1 aliphatic heterocycles. The second kappa shape index (κ2) is 7.49. The molecule has 0 saturated carbocycles. The van der Waals surface area contributed by atoms with E-state index >= 15 is 0 Å². The fourth-order valence-corrected chi connectivity index (χ4v) is 2.68. The van der Waals surface area contributed by atoms with Crippen molar-refractivity contribution in [3.63, 3.8) is 0 Å². The number of hydrogen-bond acceptors (Lipinski definition) is 3. The number of ether oxygens (including phenoxy) is 1. The molecule has 2 aromatic rings. The van der Waals surface area contributed by atoms with Crippen LogP contribution in [0.1, 0.15) is 15.9 Å². The lowest BCUT2D eigenvalue weighted by Gasteiger charge is -2.28. The topological polar surface area (TPSA) is 41.6 Å². The van der Waals surface area contributed by atoms with Gasteiger partial charge in [-0.1, -0.05) is 35.9 Å². The van der Waals surface area contributed by atoms with Crippen molar-refractivity contribution in [1.29, 1.82) is 0 Å². The Kier molecular flexibility index (Phi) is 5.16. The Hall–Kier alpha value is -2.04. The fraction of sp³-hybridized carbons (Fsp3) is 0.278. The molecule has 2 aromatic carbocycles. The molecule has 0 aromatic heterocycles. The van der Waals surface area contributed by atoms with Crippen molar-refractivity contribution in [1.82, 2.24) is 10.2 Å². The van der Waals surface area contributed by atoms with E-state index in [0.29, 0.717) is 22.9 Å². The zero-order valence-electron chi connectivity index (χ0n) is 12.8. The molecule has 1 saturated heterocycles. The van der Waals surface area contributed by atoms with Gasteiger partial charge in [-0.05, 0) is 29.8 Å². The maximum Gasteiger partial charge on any atom is 0.257 e. The first-order chi connectivity index (χ1) is 11.2. The van der Waals surface area contributed by atoms with Gasteiger partial charge < -0.3 is 15.0 Å². The Labute approximate surface area is 141 Å². The number of carbonyl (C=O) groups is 1. The normalized spacial score (nSPS) is 14.6. The second-order valence-electron chi connectivity index (χ2n) is 5.45. The maximum atomic E-state index is 12.7. The number of halogens is 1. The number of para-hydroxylation sites is 1. The summed E-state index contributed by atoms with van der Waals surface area (Å²) in [6.45, 7) is 3.52. The van der Waals surface area contributed by atoms with E-state index < -0.39 is 0 Å². The monoisotopic (exact) mass is 330 g/mol. The molecule has 0 bridgehead atoms. The molecular weight excluding hydrogens is 312 g/mol. The largest absolute Gasteiger partial charge is 0.488 e. The third-order valence-electron chi connectivity index (χ3n) is 3.83. The number of nitrogens with zero attached hydrogens (tertiary/aromatic N) is 1. The standard InChI is InChI=1S/C18H19ClN2O2/c19-15-7-5-14(6-8-15)13-23-17-4-2-1-3-16(17)18(22)21-11-9-20-10-12-21/h1-8,20H,9-13H2. The zero-order chi connectivity index (χ0) is 16.1. The highest BCUT2D eigenvalue weighted by Crippen LogP contribution is 2.22. The lowest BCUT2D eigenvalue weighted by molar-refractivity contribution is 0.0731. The SMILES string of the molecule is O=C(c1ccccc1OCc1ccc(Cl)cc1)N1CCNCC1. The molecule has 0 radical (unpaired) electrons. The minimum Gasteiger partial charge on any atom is -0.488 e. The molecule has 4 nitrogen and oxygen atoms in total. The van der Waals surface area contributed by atoms with Crippen LogP contribution in [-0.4, -0.2) is 37.0 Å². The van der Waals surface area contributed by atoms with Gasteiger partial charge in [-0.15, -0.1) is 0 Å². The number of amides is 1. The molecule has 5 heteroatoms. The van der Waals surface area contributed by atoms with E-state index in [9.17, 15) is 4.79 Å². The highest BCUT2D eigenvalue weighted by Gasteiger charge is 2.20. The predicted octanol–water partition coefficient (Wildman–Crippen LogP) is 2.96. The molecule has 1 heterocycles. The molecule has 3 rings (SSSR count). The van der Waals surface area contributed by atoms with Gasteiger partial charge >= 0.3 is 0 Å². The van der Waals surface area contributed by atoms with E-state index in [2.05, 4.69) is 5.32 Å². The Morgan fingerprint density at radius 3 is 2.52 bits per heavy atom. The van der Waals surface area contributed by atoms with E-state index in [1.807, 2.05) is 53.4 Å². The molecular formula is C18H19ClN2O2. The summed E-state index contributed by atoms with van der Waals surface area (Å²) in [7, 11) is 0. The van der Waals surface area contributed by atoms with Crippen molar-refractivity contribution < 1.29 is 9.53 Å². The number of nitrogens with one attached hydrogen (secondary N) is 1. The van der Waals surface area contributed by atoms with E-state index in [0.717, 1.165) is 31.7 Å². The molecule has 0 aliphatic carbocycles. The van der Waals surface area contributed by atoms with Gasteiger partial charge in [0.05, 0.1) is 5.56 Å². The van der Waals surface area contributed by atoms with E-state index in [-0.39, 0.29) is 5.91 Å². The summed E-state index contributed by atoms with van der Waals surface area (Å²) in [5.74, 6) is 0.643. The summed E-state index contributed by atoms with van der Waals surface area (Å²) >= 11 is 5.89. The summed E-state index contributed by atoms with van der Waals surface area (Å²) in [5.41, 5.74) is 1.63. The second-order valence-corrected chi connectivity index (χ2v) is 5.89. The van der Waals surface area contributed by atoms with Crippen molar-refractivity contribution in [3.05, 3.63) is 64.7 Å². The van der Waals surface area contributed by atoms with E-state index in [1.54, 1.807) is 0 Å². The van der Waals surface area contributed by atoms with Crippen molar-refractivity contribution in [2.24, 2.45) is 0 Å².